The fourth-order valence-electron chi connectivity index (χ4n) is 2.11. The Labute approximate surface area is 107 Å². The summed E-state index contributed by atoms with van der Waals surface area (Å²) in [7, 11) is 0. The van der Waals surface area contributed by atoms with Crippen LogP contribution < -0.4 is 10.6 Å². The minimum Gasteiger partial charge on any atom is -0.363 e. The maximum atomic E-state index is 11.0. The Morgan fingerprint density at radius 2 is 2.00 bits per heavy atom. The molecular formula is C12H19N5O. The van der Waals surface area contributed by atoms with Crippen molar-refractivity contribution in [2.75, 3.05) is 31.1 Å². The second-order valence-corrected chi connectivity index (χ2v) is 4.72. The van der Waals surface area contributed by atoms with Gasteiger partial charge in [-0.1, -0.05) is 0 Å². The highest BCUT2D eigenvalue weighted by atomic mass is 16.1. The Hall–Kier alpha value is -1.69. The Morgan fingerprint density at radius 1 is 1.33 bits per heavy atom. The zero-order valence-corrected chi connectivity index (χ0v) is 10.8. The van der Waals surface area contributed by atoms with Gasteiger partial charge >= 0.3 is 0 Å². The third-order valence-electron chi connectivity index (χ3n) is 3.23. The van der Waals surface area contributed by atoms with Gasteiger partial charge < -0.3 is 10.6 Å². The van der Waals surface area contributed by atoms with Crippen LogP contribution in [0.2, 0.25) is 0 Å². The molecule has 0 aliphatic carbocycles. The van der Waals surface area contributed by atoms with Crippen molar-refractivity contribution in [2.24, 2.45) is 5.73 Å². The van der Waals surface area contributed by atoms with Gasteiger partial charge in [-0.25, -0.2) is 9.97 Å². The third kappa shape index (κ3) is 2.76. The Morgan fingerprint density at radius 3 is 2.56 bits per heavy atom. The largest absolute Gasteiger partial charge is 0.363 e. The number of aromatic nitrogens is 2. The summed E-state index contributed by atoms with van der Waals surface area (Å²) < 4.78 is 0. The molecule has 6 heteroatoms. The number of rotatable bonds is 3. The molecule has 0 spiro atoms. The molecule has 6 nitrogen and oxygen atoms in total. The summed E-state index contributed by atoms with van der Waals surface area (Å²) in [6.07, 6.45) is 1.58. The van der Waals surface area contributed by atoms with E-state index in [1.54, 1.807) is 6.20 Å². The molecule has 1 aromatic heterocycles. The first kappa shape index (κ1) is 12.8. The van der Waals surface area contributed by atoms with E-state index in [4.69, 9.17) is 5.73 Å². The lowest BCUT2D eigenvalue weighted by atomic mass is 10.2. The predicted octanol–water partition coefficient (Wildman–Crippen LogP) is 0.106. The van der Waals surface area contributed by atoms with Gasteiger partial charge in [-0.2, -0.15) is 0 Å². The van der Waals surface area contributed by atoms with E-state index in [-0.39, 0.29) is 5.82 Å². The van der Waals surface area contributed by atoms with Crippen LogP contribution in [0.1, 0.15) is 24.5 Å². The minimum absolute atomic E-state index is 0.0822. The van der Waals surface area contributed by atoms with E-state index >= 15 is 0 Å². The van der Waals surface area contributed by atoms with E-state index in [1.165, 1.54) is 0 Å². The van der Waals surface area contributed by atoms with Crippen molar-refractivity contribution in [1.82, 2.24) is 14.9 Å². The van der Waals surface area contributed by atoms with Gasteiger partial charge in [0, 0.05) is 38.4 Å². The van der Waals surface area contributed by atoms with Gasteiger partial charge in [-0.3, -0.25) is 9.69 Å². The fourth-order valence-corrected chi connectivity index (χ4v) is 2.11. The van der Waals surface area contributed by atoms with Crippen molar-refractivity contribution >= 4 is 11.7 Å². The van der Waals surface area contributed by atoms with E-state index in [0.717, 1.165) is 32.0 Å². The Kier molecular flexibility index (Phi) is 3.76. The average molecular weight is 249 g/mol. The number of primary amides is 1. The number of amides is 1. The first-order valence-electron chi connectivity index (χ1n) is 6.20. The second kappa shape index (κ2) is 5.30. The zero-order valence-electron chi connectivity index (χ0n) is 10.8. The number of carbonyl (C=O) groups excluding carboxylic acids is 1. The van der Waals surface area contributed by atoms with Crippen molar-refractivity contribution in [3.63, 3.8) is 0 Å². The summed E-state index contributed by atoms with van der Waals surface area (Å²) >= 11 is 0. The van der Waals surface area contributed by atoms with Crippen molar-refractivity contribution in [2.45, 2.75) is 19.9 Å². The molecule has 1 saturated heterocycles. The topological polar surface area (TPSA) is 75.3 Å². The molecule has 18 heavy (non-hydrogen) atoms. The van der Waals surface area contributed by atoms with E-state index in [9.17, 15) is 4.79 Å². The highest BCUT2D eigenvalue weighted by molar-refractivity contribution is 5.89. The van der Waals surface area contributed by atoms with Crippen LogP contribution in [0.15, 0.2) is 12.3 Å². The normalized spacial score (nSPS) is 17.2. The first-order valence-corrected chi connectivity index (χ1v) is 6.20. The lowest BCUT2D eigenvalue weighted by Crippen LogP contribution is -2.49. The van der Waals surface area contributed by atoms with Gasteiger partial charge in [0.25, 0.3) is 5.91 Å². The highest BCUT2D eigenvalue weighted by Crippen LogP contribution is 2.14. The van der Waals surface area contributed by atoms with Crippen molar-refractivity contribution < 1.29 is 4.79 Å². The standard InChI is InChI=1S/C12H19N5O/c1-9(2)16-5-7-17(8-6-16)10-3-4-14-12(15-10)11(13)18/h3-4,9H,5-8H2,1-2H3,(H2,13,18). The van der Waals surface area contributed by atoms with E-state index < -0.39 is 5.91 Å². The van der Waals surface area contributed by atoms with Gasteiger partial charge in [-0.15, -0.1) is 0 Å². The van der Waals surface area contributed by atoms with Gasteiger partial charge in [0.1, 0.15) is 5.82 Å². The van der Waals surface area contributed by atoms with Crippen LogP contribution in [0.3, 0.4) is 0 Å². The molecule has 0 aromatic carbocycles. The summed E-state index contributed by atoms with van der Waals surface area (Å²) in [6, 6.07) is 2.39. The molecule has 0 atom stereocenters. The van der Waals surface area contributed by atoms with Crippen LogP contribution in [0.4, 0.5) is 5.82 Å². The van der Waals surface area contributed by atoms with Crippen LogP contribution in [0.5, 0.6) is 0 Å². The molecule has 2 heterocycles. The van der Waals surface area contributed by atoms with Crippen LogP contribution in [-0.2, 0) is 0 Å². The van der Waals surface area contributed by atoms with E-state index in [0.29, 0.717) is 6.04 Å². The molecule has 1 amide bonds. The monoisotopic (exact) mass is 249 g/mol. The molecular weight excluding hydrogens is 230 g/mol. The second-order valence-electron chi connectivity index (χ2n) is 4.72. The van der Waals surface area contributed by atoms with Crippen LogP contribution in [0, 0.1) is 0 Å². The molecule has 2 rings (SSSR count). The van der Waals surface area contributed by atoms with Gasteiger partial charge in [0.05, 0.1) is 0 Å². The molecule has 0 saturated carbocycles. The summed E-state index contributed by atoms with van der Waals surface area (Å²) in [5.74, 6) is 0.277. The molecule has 0 bridgehead atoms. The number of anilines is 1. The number of hydrogen-bond donors (Lipinski definition) is 1. The number of hydrogen-bond acceptors (Lipinski definition) is 5. The molecule has 0 unspecified atom stereocenters. The third-order valence-corrected chi connectivity index (χ3v) is 3.23. The van der Waals surface area contributed by atoms with Gasteiger partial charge in [0.2, 0.25) is 5.82 Å². The smallest absolute Gasteiger partial charge is 0.286 e. The molecule has 2 N–H and O–H groups in total. The Balaban J connectivity index is 2.05. The van der Waals surface area contributed by atoms with Crippen molar-refractivity contribution in [3.8, 4) is 0 Å². The number of carbonyl (C=O) groups is 1. The minimum atomic E-state index is -0.585. The summed E-state index contributed by atoms with van der Waals surface area (Å²) in [4.78, 5) is 23.7. The van der Waals surface area contributed by atoms with Crippen molar-refractivity contribution in [3.05, 3.63) is 18.1 Å². The van der Waals surface area contributed by atoms with Crippen LogP contribution >= 0.6 is 0 Å². The first-order chi connectivity index (χ1) is 8.58. The molecule has 1 fully saturated rings. The van der Waals surface area contributed by atoms with E-state index in [2.05, 4.69) is 33.6 Å². The molecule has 0 radical (unpaired) electrons. The summed E-state index contributed by atoms with van der Waals surface area (Å²) in [5.41, 5.74) is 5.18. The zero-order chi connectivity index (χ0) is 13.1. The van der Waals surface area contributed by atoms with Crippen molar-refractivity contribution in [1.29, 1.82) is 0 Å². The number of nitrogens with zero attached hydrogens (tertiary/aromatic N) is 4. The predicted molar refractivity (Wildman–Crippen MR) is 69.5 cm³/mol. The SMILES string of the molecule is CC(C)N1CCN(c2ccnc(C(N)=O)n2)CC1. The van der Waals surface area contributed by atoms with Crippen LogP contribution in [-0.4, -0.2) is 53.0 Å². The van der Waals surface area contributed by atoms with Gasteiger partial charge in [-0.05, 0) is 19.9 Å². The Bertz CT molecular complexity index is 426. The molecule has 1 aliphatic rings. The highest BCUT2D eigenvalue weighted by Gasteiger charge is 2.20. The maximum Gasteiger partial charge on any atom is 0.286 e. The maximum absolute atomic E-state index is 11.0. The molecule has 1 aliphatic heterocycles. The molecule has 1 aromatic rings. The molecule has 98 valence electrons. The lowest BCUT2D eigenvalue weighted by Gasteiger charge is -2.37. The number of nitrogens with two attached hydrogens (primary N) is 1. The quantitative estimate of drug-likeness (QED) is 0.822. The van der Waals surface area contributed by atoms with Crippen LogP contribution in [0.25, 0.3) is 0 Å². The summed E-state index contributed by atoms with van der Waals surface area (Å²) in [5, 5.41) is 0. The lowest BCUT2D eigenvalue weighted by molar-refractivity contribution is 0.0990. The fraction of sp³-hybridized carbons (Fsp3) is 0.583. The van der Waals surface area contributed by atoms with Gasteiger partial charge in [0.15, 0.2) is 0 Å². The average Bonchev–Trinajstić information content (AvgIpc) is 2.39. The number of piperazine rings is 1. The summed E-state index contributed by atoms with van der Waals surface area (Å²) in [6.45, 7) is 8.24. The van der Waals surface area contributed by atoms with E-state index in [1.807, 2.05) is 6.07 Å².